The monoisotopic (exact) mass is 363 g/mol. The fourth-order valence-electron chi connectivity index (χ4n) is 3.73. The SMILES string of the molecule is NC(=O)OCC1=C(C(=O)O)N2C(=O)[C@@H]3[C@H]2C1CCN3C(=O)C(F)(F)F. The van der Waals surface area contributed by atoms with Crippen molar-refractivity contribution in [1.29, 1.82) is 0 Å². The molecule has 0 aromatic heterocycles. The first-order chi connectivity index (χ1) is 11.6. The van der Waals surface area contributed by atoms with E-state index < -0.39 is 60.4 Å². The maximum Gasteiger partial charge on any atom is 0.471 e. The summed E-state index contributed by atoms with van der Waals surface area (Å²) in [6.07, 6.45) is -6.28. The van der Waals surface area contributed by atoms with Gasteiger partial charge in [-0.3, -0.25) is 14.5 Å². The Kier molecular flexibility index (Phi) is 3.65. The third-order valence-corrected chi connectivity index (χ3v) is 4.61. The summed E-state index contributed by atoms with van der Waals surface area (Å²) in [5.74, 6) is -5.13. The van der Waals surface area contributed by atoms with Crippen LogP contribution in [0.4, 0.5) is 18.0 Å². The van der Waals surface area contributed by atoms with Gasteiger partial charge in [0.2, 0.25) is 0 Å². The van der Waals surface area contributed by atoms with Gasteiger partial charge in [-0.05, 0) is 6.42 Å². The number of likely N-dealkylation sites (tertiary alicyclic amines) is 1. The Hall–Kier alpha value is -2.79. The van der Waals surface area contributed by atoms with Crippen LogP contribution in [-0.4, -0.2) is 70.2 Å². The molecule has 0 bridgehead atoms. The number of alkyl halides is 3. The lowest BCUT2D eigenvalue weighted by molar-refractivity contribution is -0.198. The average Bonchev–Trinajstić information content (AvgIpc) is 2.82. The van der Waals surface area contributed by atoms with Crippen molar-refractivity contribution in [2.24, 2.45) is 11.7 Å². The first-order valence-electron chi connectivity index (χ1n) is 7.15. The van der Waals surface area contributed by atoms with E-state index in [0.717, 1.165) is 4.90 Å². The van der Waals surface area contributed by atoms with E-state index in [1.165, 1.54) is 0 Å². The van der Waals surface area contributed by atoms with Crippen molar-refractivity contribution in [2.45, 2.75) is 24.7 Å². The predicted molar refractivity (Wildman–Crippen MR) is 70.5 cm³/mol. The van der Waals surface area contributed by atoms with E-state index in [0.29, 0.717) is 4.90 Å². The molecule has 0 aliphatic carbocycles. The zero-order valence-corrected chi connectivity index (χ0v) is 12.4. The van der Waals surface area contributed by atoms with Gasteiger partial charge >= 0.3 is 24.1 Å². The summed E-state index contributed by atoms with van der Waals surface area (Å²) in [5.41, 5.74) is 4.52. The maximum atomic E-state index is 12.7. The van der Waals surface area contributed by atoms with Crippen LogP contribution in [0.2, 0.25) is 0 Å². The topological polar surface area (TPSA) is 130 Å². The fraction of sp³-hybridized carbons (Fsp3) is 0.538. The van der Waals surface area contributed by atoms with Crippen molar-refractivity contribution < 1.29 is 42.2 Å². The number of hydrogen-bond donors (Lipinski definition) is 2. The van der Waals surface area contributed by atoms with Crippen LogP contribution in [0.25, 0.3) is 0 Å². The van der Waals surface area contributed by atoms with E-state index in [2.05, 4.69) is 4.74 Å². The average molecular weight is 363 g/mol. The fourth-order valence-corrected chi connectivity index (χ4v) is 3.73. The van der Waals surface area contributed by atoms with Crippen LogP contribution >= 0.6 is 0 Å². The molecule has 3 heterocycles. The number of rotatable bonds is 3. The van der Waals surface area contributed by atoms with Gasteiger partial charge in [-0.2, -0.15) is 13.2 Å². The largest absolute Gasteiger partial charge is 0.477 e. The minimum absolute atomic E-state index is 0.000994. The molecule has 3 N–H and O–H groups in total. The van der Waals surface area contributed by atoms with Crippen molar-refractivity contribution in [3.8, 4) is 0 Å². The van der Waals surface area contributed by atoms with Crippen LogP contribution in [0.15, 0.2) is 11.3 Å². The number of ether oxygens (including phenoxy) is 1. The highest BCUT2D eigenvalue weighted by molar-refractivity contribution is 6.03. The summed E-state index contributed by atoms with van der Waals surface area (Å²) in [7, 11) is 0. The van der Waals surface area contributed by atoms with Gasteiger partial charge in [0.25, 0.3) is 5.91 Å². The molecule has 0 spiro atoms. The van der Waals surface area contributed by atoms with E-state index in [9.17, 15) is 37.5 Å². The molecule has 136 valence electrons. The van der Waals surface area contributed by atoms with E-state index in [4.69, 9.17) is 5.73 Å². The highest BCUT2D eigenvalue weighted by Gasteiger charge is 2.66. The van der Waals surface area contributed by atoms with Crippen LogP contribution in [0.5, 0.6) is 0 Å². The van der Waals surface area contributed by atoms with Gasteiger partial charge in [0.05, 0.1) is 6.04 Å². The number of hydrogen-bond acceptors (Lipinski definition) is 5. The summed E-state index contributed by atoms with van der Waals surface area (Å²) in [6.45, 7) is -0.849. The Morgan fingerprint density at radius 2 is 1.96 bits per heavy atom. The molecule has 3 amide bonds. The zero-order chi connectivity index (χ0) is 18.7. The Bertz CT molecular complexity index is 718. The van der Waals surface area contributed by atoms with Crippen molar-refractivity contribution in [3.05, 3.63) is 11.3 Å². The molecule has 0 aromatic rings. The summed E-state index contributed by atoms with van der Waals surface area (Å²) >= 11 is 0. The second kappa shape index (κ2) is 5.36. The number of nitrogens with two attached hydrogens (primary N) is 1. The molecular weight excluding hydrogens is 351 g/mol. The third-order valence-electron chi connectivity index (χ3n) is 4.61. The van der Waals surface area contributed by atoms with Crippen molar-refractivity contribution in [2.75, 3.05) is 13.2 Å². The zero-order valence-electron chi connectivity index (χ0n) is 12.4. The molecule has 3 atom stereocenters. The van der Waals surface area contributed by atoms with Crippen LogP contribution in [0.1, 0.15) is 6.42 Å². The van der Waals surface area contributed by atoms with Gasteiger partial charge in [0.1, 0.15) is 18.3 Å². The number of aliphatic carboxylic acids is 1. The van der Waals surface area contributed by atoms with Crippen molar-refractivity contribution >= 4 is 23.9 Å². The Labute approximate surface area is 137 Å². The van der Waals surface area contributed by atoms with Gasteiger partial charge in [-0.15, -0.1) is 0 Å². The van der Waals surface area contributed by atoms with Crippen molar-refractivity contribution in [1.82, 2.24) is 9.80 Å². The minimum atomic E-state index is -5.13. The molecule has 1 unspecified atom stereocenters. The van der Waals surface area contributed by atoms with Crippen LogP contribution in [-0.2, 0) is 19.1 Å². The summed E-state index contributed by atoms with van der Waals surface area (Å²) in [6, 6.07) is -2.29. The number of halogens is 3. The number of amides is 3. The second-order valence-electron chi connectivity index (χ2n) is 5.82. The van der Waals surface area contributed by atoms with Gasteiger partial charge < -0.3 is 20.5 Å². The van der Waals surface area contributed by atoms with Crippen LogP contribution < -0.4 is 5.73 Å². The Morgan fingerprint density at radius 1 is 1.32 bits per heavy atom. The molecule has 25 heavy (non-hydrogen) atoms. The van der Waals surface area contributed by atoms with Gasteiger partial charge in [0.15, 0.2) is 0 Å². The normalized spacial score (nSPS) is 27.8. The lowest BCUT2D eigenvalue weighted by Gasteiger charge is -2.53. The number of nitrogens with zero attached hydrogens (tertiary/aromatic N) is 2. The van der Waals surface area contributed by atoms with Gasteiger partial charge in [-0.25, -0.2) is 9.59 Å². The molecule has 12 heteroatoms. The van der Waals surface area contributed by atoms with E-state index in [1.807, 2.05) is 0 Å². The molecule has 0 radical (unpaired) electrons. The molecule has 2 saturated heterocycles. The number of carbonyl (C=O) groups is 4. The number of β-lactam (4-membered cyclic amide) rings is 1. The molecule has 9 nitrogen and oxygen atoms in total. The van der Waals surface area contributed by atoms with Crippen LogP contribution in [0, 0.1) is 5.92 Å². The number of piperidine rings is 1. The smallest absolute Gasteiger partial charge is 0.471 e. The first-order valence-corrected chi connectivity index (χ1v) is 7.15. The summed E-state index contributed by atoms with van der Waals surface area (Å²) in [4.78, 5) is 47.3. The third kappa shape index (κ3) is 2.39. The van der Waals surface area contributed by atoms with Gasteiger partial charge in [-0.1, -0.05) is 0 Å². The molecule has 3 rings (SSSR count). The number of carboxylic acid groups (broad SMARTS) is 1. The van der Waals surface area contributed by atoms with Gasteiger partial charge in [0, 0.05) is 18.0 Å². The molecule has 3 aliphatic rings. The lowest BCUT2D eigenvalue weighted by Crippen LogP contribution is -2.74. The summed E-state index contributed by atoms with van der Waals surface area (Å²) in [5, 5.41) is 9.33. The lowest BCUT2D eigenvalue weighted by atomic mass is 9.78. The molecule has 0 aromatic carbocycles. The minimum Gasteiger partial charge on any atom is -0.477 e. The van der Waals surface area contributed by atoms with E-state index in [1.54, 1.807) is 0 Å². The van der Waals surface area contributed by atoms with E-state index in [-0.39, 0.29) is 18.5 Å². The van der Waals surface area contributed by atoms with E-state index >= 15 is 0 Å². The van der Waals surface area contributed by atoms with Crippen LogP contribution in [0.3, 0.4) is 0 Å². The highest BCUT2D eigenvalue weighted by Crippen LogP contribution is 2.49. The first kappa shape index (κ1) is 17.0. The summed E-state index contributed by atoms with van der Waals surface area (Å²) < 4.78 is 42.7. The number of carbonyl (C=O) groups excluding carboxylic acids is 3. The number of carboxylic acids is 1. The van der Waals surface area contributed by atoms with Crippen molar-refractivity contribution in [3.63, 3.8) is 0 Å². The Balaban J connectivity index is 1.92. The second-order valence-corrected chi connectivity index (χ2v) is 5.82. The molecule has 2 fully saturated rings. The maximum absolute atomic E-state index is 12.7. The quantitative estimate of drug-likeness (QED) is 0.646. The molecule has 0 saturated carbocycles. The molecule has 3 aliphatic heterocycles. The standard InChI is InChI=1S/C13H12F3N3O6/c14-13(15,16)11(23)18-2-1-4-5(3-25-12(17)24)7(10(21)22)19-6(4)8(18)9(19)20/h4,6,8H,1-3H2,(H2,17,24)(H,21,22)/t4?,6-,8+/m1/s1. The molecular formula is C13H12F3N3O6. The predicted octanol–water partition coefficient (Wildman–Crippen LogP) is -0.576. The highest BCUT2D eigenvalue weighted by atomic mass is 19.4. The Morgan fingerprint density at radius 3 is 2.48 bits per heavy atom. The number of primary amides is 1.